The zero-order chi connectivity index (χ0) is 19.7. The van der Waals surface area contributed by atoms with Gasteiger partial charge in [0.1, 0.15) is 0 Å². The van der Waals surface area contributed by atoms with Gasteiger partial charge < -0.3 is 10.2 Å². The normalized spacial score (nSPS) is 14.2. The minimum atomic E-state index is -1.21. The molecule has 1 aliphatic heterocycles. The van der Waals surface area contributed by atoms with Gasteiger partial charge in [-0.1, -0.05) is 31.2 Å². The lowest BCUT2D eigenvalue weighted by Crippen LogP contribution is -2.35. The highest BCUT2D eigenvalue weighted by Gasteiger charge is 2.41. The predicted octanol–water partition coefficient (Wildman–Crippen LogP) is 2.76. The molecule has 1 aliphatic rings. The fourth-order valence-corrected chi connectivity index (χ4v) is 3.17. The standard InChI is InChI=1S/C20H17NO6/c1-2-11-3-5-12(6-4-11)16(10-17(22)23)21-18(24)14-8-7-13(20(26)27)9-15(14)19(21)25/h3-9,16H,2,10H2,1H3,(H,22,23)(H,26,27). The van der Waals surface area contributed by atoms with Gasteiger partial charge in [-0.25, -0.2) is 4.79 Å². The Kier molecular flexibility index (Phi) is 4.77. The van der Waals surface area contributed by atoms with Crippen molar-refractivity contribution in [2.45, 2.75) is 25.8 Å². The molecule has 138 valence electrons. The fourth-order valence-electron chi connectivity index (χ4n) is 3.17. The predicted molar refractivity (Wildman–Crippen MR) is 94.7 cm³/mol. The molecule has 0 fully saturated rings. The summed E-state index contributed by atoms with van der Waals surface area (Å²) in [6.45, 7) is 1.98. The van der Waals surface area contributed by atoms with Gasteiger partial charge in [-0.3, -0.25) is 19.3 Å². The smallest absolute Gasteiger partial charge is 0.335 e. The van der Waals surface area contributed by atoms with E-state index in [9.17, 15) is 24.3 Å². The second-order valence-corrected chi connectivity index (χ2v) is 6.25. The summed E-state index contributed by atoms with van der Waals surface area (Å²) in [5, 5.41) is 18.4. The molecule has 0 saturated carbocycles. The number of amides is 2. The second kappa shape index (κ2) is 7.03. The van der Waals surface area contributed by atoms with Crippen LogP contribution in [-0.4, -0.2) is 38.9 Å². The summed E-state index contributed by atoms with van der Waals surface area (Å²) in [4.78, 5) is 49.0. The van der Waals surface area contributed by atoms with Crippen LogP contribution < -0.4 is 0 Å². The van der Waals surface area contributed by atoms with Crippen molar-refractivity contribution in [2.75, 3.05) is 0 Å². The molecule has 0 aromatic heterocycles. The molecule has 2 aromatic carbocycles. The van der Waals surface area contributed by atoms with Crippen molar-refractivity contribution >= 4 is 23.8 Å². The van der Waals surface area contributed by atoms with Crippen LogP contribution in [-0.2, 0) is 11.2 Å². The number of aliphatic carboxylic acids is 1. The molecule has 0 radical (unpaired) electrons. The molecule has 2 amide bonds. The van der Waals surface area contributed by atoms with Gasteiger partial charge in [0.25, 0.3) is 11.8 Å². The number of rotatable bonds is 6. The van der Waals surface area contributed by atoms with Crippen LogP contribution in [0, 0.1) is 0 Å². The van der Waals surface area contributed by atoms with Crippen molar-refractivity contribution in [1.29, 1.82) is 0 Å². The summed E-state index contributed by atoms with van der Waals surface area (Å²) in [5.74, 6) is -3.68. The van der Waals surface area contributed by atoms with Crippen LogP contribution in [0.15, 0.2) is 42.5 Å². The van der Waals surface area contributed by atoms with Crippen LogP contribution in [0.3, 0.4) is 0 Å². The SMILES string of the molecule is CCc1ccc(C(CC(=O)O)N2C(=O)c3ccc(C(=O)O)cc3C2=O)cc1. The number of nitrogens with zero attached hydrogens (tertiary/aromatic N) is 1. The summed E-state index contributed by atoms with van der Waals surface area (Å²) in [5.41, 5.74) is 1.51. The highest BCUT2D eigenvalue weighted by atomic mass is 16.4. The summed E-state index contributed by atoms with van der Waals surface area (Å²) < 4.78 is 0. The van der Waals surface area contributed by atoms with E-state index in [1.165, 1.54) is 12.1 Å². The maximum atomic E-state index is 12.8. The van der Waals surface area contributed by atoms with Gasteiger partial charge in [0, 0.05) is 0 Å². The number of hydrogen-bond acceptors (Lipinski definition) is 4. The number of carbonyl (C=O) groups excluding carboxylic acids is 2. The third-order valence-corrected chi connectivity index (χ3v) is 4.62. The Hall–Kier alpha value is -3.48. The Bertz CT molecular complexity index is 947. The second-order valence-electron chi connectivity index (χ2n) is 6.25. The van der Waals surface area contributed by atoms with E-state index in [1.807, 2.05) is 19.1 Å². The molecule has 7 heteroatoms. The number of aryl methyl sites for hydroxylation is 1. The number of fused-ring (bicyclic) bond motifs is 1. The Morgan fingerprint density at radius 2 is 1.59 bits per heavy atom. The summed E-state index contributed by atoms with van der Waals surface area (Å²) in [6.07, 6.45) is 0.359. The van der Waals surface area contributed by atoms with Crippen molar-refractivity contribution in [2.24, 2.45) is 0 Å². The lowest BCUT2D eigenvalue weighted by atomic mass is 10.00. The number of carbonyl (C=O) groups is 4. The average Bonchev–Trinajstić information content (AvgIpc) is 2.90. The number of imide groups is 1. The van der Waals surface area contributed by atoms with Crippen molar-refractivity contribution in [1.82, 2.24) is 4.90 Å². The van der Waals surface area contributed by atoms with E-state index in [-0.39, 0.29) is 16.7 Å². The largest absolute Gasteiger partial charge is 0.481 e. The summed E-state index contributed by atoms with van der Waals surface area (Å²) in [6, 6.07) is 9.77. The lowest BCUT2D eigenvalue weighted by molar-refractivity contribution is -0.138. The van der Waals surface area contributed by atoms with E-state index in [0.717, 1.165) is 23.0 Å². The molecule has 2 aromatic rings. The van der Waals surface area contributed by atoms with E-state index in [4.69, 9.17) is 5.11 Å². The molecule has 0 aliphatic carbocycles. The van der Waals surface area contributed by atoms with E-state index < -0.39 is 36.2 Å². The quantitative estimate of drug-likeness (QED) is 0.759. The highest BCUT2D eigenvalue weighted by molar-refractivity contribution is 6.22. The van der Waals surface area contributed by atoms with Gasteiger partial charge in [0.15, 0.2) is 0 Å². The fraction of sp³-hybridized carbons (Fsp3) is 0.200. The molecular formula is C20H17NO6. The van der Waals surface area contributed by atoms with E-state index >= 15 is 0 Å². The molecule has 1 heterocycles. The van der Waals surface area contributed by atoms with Gasteiger partial charge >= 0.3 is 11.9 Å². The monoisotopic (exact) mass is 367 g/mol. The van der Waals surface area contributed by atoms with Gasteiger partial charge in [-0.05, 0) is 35.7 Å². The first kappa shape index (κ1) is 18.3. The third-order valence-electron chi connectivity index (χ3n) is 4.62. The molecule has 1 unspecified atom stereocenters. The van der Waals surface area contributed by atoms with Crippen LogP contribution in [0.2, 0.25) is 0 Å². The van der Waals surface area contributed by atoms with Gasteiger partial charge in [-0.2, -0.15) is 0 Å². The number of hydrogen-bond donors (Lipinski definition) is 2. The number of carboxylic acids is 2. The maximum Gasteiger partial charge on any atom is 0.335 e. The van der Waals surface area contributed by atoms with E-state index in [2.05, 4.69) is 0 Å². The molecule has 7 nitrogen and oxygen atoms in total. The summed E-state index contributed by atoms with van der Waals surface area (Å²) >= 11 is 0. The van der Waals surface area contributed by atoms with Crippen molar-refractivity contribution in [3.63, 3.8) is 0 Å². The molecular weight excluding hydrogens is 350 g/mol. The van der Waals surface area contributed by atoms with E-state index in [1.54, 1.807) is 12.1 Å². The van der Waals surface area contributed by atoms with Gasteiger partial charge in [0.2, 0.25) is 0 Å². The van der Waals surface area contributed by atoms with Crippen molar-refractivity contribution in [3.8, 4) is 0 Å². The van der Waals surface area contributed by atoms with Gasteiger partial charge in [-0.15, -0.1) is 0 Å². The third kappa shape index (κ3) is 3.31. The Morgan fingerprint density at radius 1 is 0.963 bits per heavy atom. The molecule has 0 bridgehead atoms. The zero-order valence-electron chi connectivity index (χ0n) is 14.5. The molecule has 2 N–H and O–H groups in total. The van der Waals surface area contributed by atoms with Crippen LogP contribution in [0.4, 0.5) is 0 Å². The highest BCUT2D eigenvalue weighted by Crippen LogP contribution is 2.34. The topological polar surface area (TPSA) is 112 Å². The molecule has 0 spiro atoms. The first-order valence-electron chi connectivity index (χ1n) is 8.39. The van der Waals surface area contributed by atoms with Crippen LogP contribution in [0.5, 0.6) is 0 Å². The van der Waals surface area contributed by atoms with Crippen molar-refractivity contribution in [3.05, 3.63) is 70.3 Å². The summed E-state index contributed by atoms with van der Waals surface area (Å²) in [7, 11) is 0. The Balaban J connectivity index is 2.04. The maximum absolute atomic E-state index is 12.8. The van der Waals surface area contributed by atoms with Crippen LogP contribution in [0.25, 0.3) is 0 Å². The molecule has 3 rings (SSSR count). The number of benzene rings is 2. The Morgan fingerprint density at radius 3 is 2.15 bits per heavy atom. The molecule has 0 saturated heterocycles. The number of carboxylic acid groups (broad SMARTS) is 2. The molecule has 27 heavy (non-hydrogen) atoms. The molecule has 1 atom stereocenters. The van der Waals surface area contributed by atoms with Gasteiger partial charge in [0.05, 0.1) is 29.2 Å². The zero-order valence-corrected chi connectivity index (χ0v) is 14.5. The van der Waals surface area contributed by atoms with Crippen LogP contribution in [0.1, 0.15) is 61.6 Å². The Labute approximate surface area is 154 Å². The van der Waals surface area contributed by atoms with E-state index in [0.29, 0.717) is 5.56 Å². The first-order chi connectivity index (χ1) is 12.8. The van der Waals surface area contributed by atoms with Crippen LogP contribution >= 0.6 is 0 Å². The average molecular weight is 367 g/mol. The first-order valence-corrected chi connectivity index (χ1v) is 8.39. The minimum absolute atomic E-state index is 0.0273. The minimum Gasteiger partial charge on any atom is -0.481 e. The van der Waals surface area contributed by atoms with Crippen molar-refractivity contribution < 1.29 is 29.4 Å². The number of aromatic carboxylic acids is 1. The lowest BCUT2D eigenvalue weighted by Gasteiger charge is -2.25.